The second-order valence-corrected chi connectivity index (χ2v) is 6.80. The van der Waals surface area contributed by atoms with Crippen LogP contribution in [-0.2, 0) is 0 Å². The molecule has 1 amide bonds. The zero-order chi connectivity index (χ0) is 19.7. The first-order valence-electron chi connectivity index (χ1n) is 8.29. The van der Waals surface area contributed by atoms with E-state index in [1.165, 1.54) is 17.0 Å². The Balaban J connectivity index is 1.80. The van der Waals surface area contributed by atoms with E-state index in [1.54, 1.807) is 43.3 Å². The minimum absolute atomic E-state index is 0.185. The van der Waals surface area contributed by atoms with Gasteiger partial charge < -0.3 is 9.73 Å². The fourth-order valence-electron chi connectivity index (χ4n) is 2.67. The fourth-order valence-corrected chi connectivity index (χ4v) is 3.13. The summed E-state index contributed by atoms with van der Waals surface area (Å²) in [6, 6.07) is 13.6. The van der Waals surface area contributed by atoms with Gasteiger partial charge in [-0.1, -0.05) is 12.1 Å². The maximum atomic E-state index is 12.8. The van der Waals surface area contributed by atoms with Crippen LogP contribution in [0.15, 0.2) is 68.5 Å². The van der Waals surface area contributed by atoms with Crippen molar-refractivity contribution in [1.29, 1.82) is 0 Å². The predicted molar refractivity (Wildman–Crippen MR) is 107 cm³/mol. The number of hydrogen-bond acceptors (Lipinski definition) is 5. The molecule has 0 spiro atoms. The molecule has 0 saturated carbocycles. The number of aromatic nitrogens is 4. The van der Waals surface area contributed by atoms with Crippen molar-refractivity contribution in [3.63, 3.8) is 0 Å². The number of nitrogens with zero attached hydrogens (tertiary/aromatic N) is 3. The number of carbonyl (C=O) groups excluding carboxylic acids is 1. The summed E-state index contributed by atoms with van der Waals surface area (Å²) in [5.74, 6) is 0.700. The van der Waals surface area contributed by atoms with Crippen molar-refractivity contribution < 1.29 is 9.21 Å². The van der Waals surface area contributed by atoms with Crippen LogP contribution in [0.2, 0.25) is 0 Å². The molecule has 4 aromatic rings. The molecular formula is C19H14BrN5O3. The SMILES string of the molecule is Cc1cc(=O)[nH]c(-n2nc(-c3ccco3)cc2NC(=O)c2ccccc2Br)n1. The third kappa shape index (κ3) is 3.52. The number of anilines is 1. The second-order valence-electron chi connectivity index (χ2n) is 5.95. The number of nitrogens with one attached hydrogen (secondary N) is 2. The molecule has 8 nitrogen and oxygen atoms in total. The van der Waals surface area contributed by atoms with Gasteiger partial charge in [-0.2, -0.15) is 9.78 Å². The standard InChI is InChI=1S/C19H14BrN5O3/c1-11-9-17(26)23-19(21-11)25-16(10-14(24-25)15-7-4-8-28-15)22-18(27)12-5-2-3-6-13(12)20/h2-10H,1H3,(H,22,27)(H,21,23,26). The van der Waals surface area contributed by atoms with E-state index in [2.05, 4.69) is 36.3 Å². The number of carbonyl (C=O) groups is 1. The van der Waals surface area contributed by atoms with Crippen LogP contribution < -0.4 is 10.9 Å². The van der Waals surface area contributed by atoms with Crippen LogP contribution in [0.1, 0.15) is 16.1 Å². The first kappa shape index (κ1) is 17.9. The average molecular weight is 440 g/mol. The number of aromatic amines is 1. The number of furan rings is 1. The molecule has 0 saturated heterocycles. The summed E-state index contributed by atoms with van der Waals surface area (Å²) in [5.41, 5.74) is 1.15. The number of halogens is 1. The van der Waals surface area contributed by atoms with Gasteiger partial charge in [-0.25, -0.2) is 4.98 Å². The Kier molecular flexibility index (Phi) is 4.66. The van der Waals surface area contributed by atoms with E-state index in [0.717, 1.165) is 0 Å². The lowest BCUT2D eigenvalue weighted by Crippen LogP contribution is -2.19. The van der Waals surface area contributed by atoms with Crippen LogP contribution in [-0.4, -0.2) is 25.7 Å². The van der Waals surface area contributed by atoms with Crippen molar-refractivity contribution in [1.82, 2.24) is 19.7 Å². The summed E-state index contributed by atoms with van der Waals surface area (Å²) in [5, 5.41) is 7.25. The van der Waals surface area contributed by atoms with Crippen molar-refractivity contribution in [3.05, 3.63) is 80.9 Å². The number of benzene rings is 1. The van der Waals surface area contributed by atoms with Gasteiger partial charge in [0, 0.05) is 22.3 Å². The normalized spacial score (nSPS) is 10.8. The summed E-state index contributed by atoms with van der Waals surface area (Å²) in [6.07, 6.45) is 1.53. The van der Waals surface area contributed by atoms with Crippen molar-refractivity contribution in [2.75, 3.05) is 5.32 Å². The quantitative estimate of drug-likeness (QED) is 0.505. The topological polar surface area (TPSA) is 106 Å². The third-order valence-electron chi connectivity index (χ3n) is 3.90. The Morgan fingerprint density at radius 2 is 2.04 bits per heavy atom. The van der Waals surface area contributed by atoms with E-state index in [4.69, 9.17) is 4.42 Å². The van der Waals surface area contributed by atoms with Gasteiger partial charge in [-0.15, -0.1) is 0 Å². The molecule has 0 fully saturated rings. The number of amides is 1. The predicted octanol–water partition coefficient (Wildman–Crippen LogP) is 3.54. The van der Waals surface area contributed by atoms with Crippen molar-refractivity contribution in [2.24, 2.45) is 0 Å². The van der Waals surface area contributed by atoms with Gasteiger partial charge in [-0.05, 0) is 47.1 Å². The summed E-state index contributed by atoms with van der Waals surface area (Å²) < 4.78 is 7.41. The van der Waals surface area contributed by atoms with E-state index < -0.39 is 0 Å². The molecule has 9 heteroatoms. The lowest BCUT2D eigenvalue weighted by atomic mass is 10.2. The zero-order valence-corrected chi connectivity index (χ0v) is 16.2. The van der Waals surface area contributed by atoms with Gasteiger partial charge in [0.1, 0.15) is 11.5 Å². The molecule has 0 aliphatic carbocycles. The average Bonchev–Trinajstić information content (AvgIpc) is 3.30. The molecule has 0 atom stereocenters. The van der Waals surface area contributed by atoms with Crippen LogP contribution in [0.3, 0.4) is 0 Å². The summed E-state index contributed by atoms with van der Waals surface area (Å²) in [7, 11) is 0. The molecule has 0 bridgehead atoms. The molecule has 3 aromatic heterocycles. The number of rotatable bonds is 4. The monoisotopic (exact) mass is 439 g/mol. The third-order valence-corrected chi connectivity index (χ3v) is 4.59. The molecule has 1 aromatic carbocycles. The molecule has 28 heavy (non-hydrogen) atoms. The van der Waals surface area contributed by atoms with Gasteiger partial charge in [0.15, 0.2) is 5.76 Å². The maximum Gasteiger partial charge on any atom is 0.257 e. The lowest BCUT2D eigenvalue weighted by molar-refractivity contribution is 0.102. The van der Waals surface area contributed by atoms with Crippen LogP contribution in [0.5, 0.6) is 0 Å². The van der Waals surface area contributed by atoms with Crippen LogP contribution in [0.4, 0.5) is 5.82 Å². The zero-order valence-electron chi connectivity index (χ0n) is 14.6. The van der Waals surface area contributed by atoms with Crippen molar-refractivity contribution >= 4 is 27.7 Å². The smallest absolute Gasteiger partial charge is 0.257 e. The minimum Gasteiger partial charge on any atom is -0.463 e. The van der Waals surface area contributed by atoms with Gasteiger partial charge in [-0.3, -0.25) is 14.6 Å². The van der Waals surface area contributed by atoms with Gasteiger partial charge in [0.25, 0.3) is 11.5 Å². The van der Waals surface area contributed by atoms with Crippen molar-refractivity contribution in [3.8, 4) is 17.4 Å². The molecule has 2 N–H and O–H groups in total. The Labute approximate surface area is 167 Å². The second kappa shape index (κ2) is 7.28. The summed E-state index contributed by atoms with van der Waals surface area (Å²) in [4.78, 5) is 31.6. The van der Waals surface area contributed by atoms with Gasteiger partial charge in [0.2, 0.25) is 5.95 Å². The molecule has 0 unspecified atom stereocenters. The highest BCUT2D eigenvalue weighted by molar-refractivity contribution is 9.10. The Morgan fingerprint density at radius 3 is 2.75 bits per heavy atom. The molecule has 0 aliphatic heterocycles. The largest absolute Gasteiger partial charge is 0.463 e. The van der Waals surface area contributed by atoms with E-state index in [-0.39, 0.29) is 17.4 Å². The Morgan fingerprint density at radius 1 is 1.21 bits per heavy atom. The van der Waals surface area contributed by atoms with Crippen molar-refractivity contribution in [2.45, 2.75) is 6.92 Å². The number of H-pyrrole nitrogens is 1. The Bertz CT molecular complexity index is 1210. The highest BCUT2D eigenvalue weighted by atomic mass is 79.9. The highest BCUT2D eigenvalue weighted by Crippen LogP contribution is 2.25. The molecular weight excluding hydrogens is 426 g/mol. The molecule has 0 aliphatic rings. The summed E-state index contributed by atoms with van der Waals surface area (Å²) in [6.45, 7) is 1.70. The molecule has 140 valence electrons. The first-order chi connectivity index (χ1) is 13.5. The van der Waals surface area contributed by atoms with Crippen LogP contribution in [0, 0.1) is 6.92 Å². The van der Waals surface area contributed by atoms with E-state index in [0.29, 0.717) is 33.0 Å². The molecule has 0 radical (unpaired) electrons. The van der Waals surface area contributed by atoms with E-state index in [1.807, 2.05) is 6.07 Å². The maximum absolute atomic E-state index is 12.8. The van der Waals surface area contributed by atoms with Gasteiger partial charge >= 0.3 is 0 Å². The van der Waals surface area contributed by atoms with E-state index >= 15 is 0 Å². The fraction of sp³-hybridized carbons (Fsp3) is 0.0526. The first-order valence-corrected chi connectivity index (χ1v) is 9.09. The minimum atomic E-state index is -0.338. The molecule has 3 heterocycles. The van der Waals surface area contributed by atoms with Crippen LogP contribution in [0.25, 0.3) is 17.4 Å². The Hall–Kier alpha value is -3.46. The van der Waals surface area contributed by atoms with Gasteiger partial charge in [0.05, 0.1) is 11.8 Å². The lowest BCUT2D eigenvalue weighted by Gasteiger charge is -2.09. The summed E-state index contributed by atoms with van der Waals surface area (Å²) >= 11 is 3.37. The molecule has 4 rings (SSSR count). The van der Waals surface area contributed by atoms with E-state index in [9.17, 15) is 9.59 Å². The number of aryl methyl sites for hydroxylation is 1. The highest BCUT2D eigenvalue weighted by Gasteiger charge is 2.18. The number of hydrogen-bond donors (Lipinski definition) is 2. The van der Waals surface area contributed by atoms with Crippen LogP contribution >= 0.6 is 15.9 Å².